The SMILES string of the molecule is C=CC[C@@](CCCCB1OC(C)(C)C(C)(C)O1)(NC(C)=O)C(C)=O. The van der Waals surface area contributed by atoms with Crippen molar-refractivity contribution in [1.82, 2.24) is 5.32 Å². The second-order valence-corrected chi connectivity index (χ2v) is 7.74. The van der Waals surface area contributed by atoms with Gasteiger partial charge in [0.15, 0.2) is 5.78 Å². The van der Waals surface area contributed by atoms with Gasteiger partial charge in [-0.25, -0.2) is 0 Å². The van der Waals surface area contributed by atoms with Crippen molar-refractivity contribution in [1.29, 1.82) is 0 Å². The van der Waals surface area contributed by atoms with E-state index in [1.807, 2.05) is 27.7 Å². The maximum atomic E-state index is 12.1. The summed E-state index contributed by atoms with van der Waals surface area (Å²) in [5.41, 5.74) is -1.48. The first kappa shape index (κ1) is 20.9. The van der Waals surface area contributed by atoms with E-state index in [4.69, 9.17) is 9.31 Å². The van der Waals surface area contributed by atoms with E-state index in [2.05, 4.69) is 11.9 Å². The Bertz CT molecular complexity index is 473. The van der Waals surface area contributed by atoms with Crippen LogP contribution in [0.5, 0.6) is 0 Å². The quantitative estimate of drug-likeness (QED) is 0.398. The summed E-state index contributed by atoms with van der Waals surface area (Å²) in [4.78, 5) is 23.6. The maximum Gasteiger partial charge on any atom is 0.457 e. The minimum Gasteiger partial charge on any atom is -0.403 e. The molecule has 1 atom stereocenters. The Morgan fingerprint density at radius 1 is 1.12 bits per heavy atom. The Balaban J connectivity index is 2.56. The predicted octanol–water partition coefficient (Wildman–Crippen LogP) is 3.29. The van der Waals surface area contributed by atoms with E-state index in [9.17, 15) is 9.59 Å². The number of ketones is 1. The molecule has 0 unspecified atom stereocenters. The molecule has 0 aromatic rings. The van der Waals surface area contributed by atoms with E-state index in [1.54, 1.807) is 6.08 Å². The molecule has 0 bridgehead atoms. The molecule has 1 amide bonds. The van der Waals surface area contributed by atoms with Gasteiger partial charge in [-0.2, -0.15) is 0 Å². The molecule has 1 rings (SSSR count). The average Bonchev–Trinajstić information content (AvgIpc) is 2.62. The molecule has 1 N–H and O–H groups in total. The summed E-state index contributed by atoms with van der Waals surface area (Å²) < 4.78 is 12.0. The lowest BCUT2D eigenvalue weighted by Crippen LogP contribution is -2.52. The van der Waals surface area contributed by atoms with Crippen LogP contribution in [0.15, 0.2) is 12.7 Å². The first-order valence-corrected chi connectivity index (χ1v) is 8.72. The van der Waals surface area contributed by atoms with Crippen molar-refractivity contribution in [2.24, 2.45) is 0 Å². The number of Topliss-reactive ketones (excluding diaryl/α,β-unsaturated/α-hetero) is 1. The van der Waals surface area contributed by atoms with Crippen LogP contribution in [0.25, 0.3) is 0 Å². The number of nitrogens with one attached hydrogen (secondary N) is 1. The number of carbonyl (C=O) groups excluding carboxylic acids is 2. The Kier molecular flexibility index (Phi) is 6.82. The molecule has 0 spiro atoms. The Morgan fingerprint density at radius 3 is 2.08 bits per heavy atom. The van der Waals surface area contributed by atoms with Crippen LogP contribution in [0.3, 0.4) is 0 Å². The van der Waals surface area contributed by atoms with Crippen molar-refractivity contribution in [3.05, 3.63) is 12.7 Å². The maximum absolute atomic E-state index is 12.1. The van der Waals surface area contributed by atoms with Crippen LogP contribution >= 0.6 is 0 Å². The van der Waals surface area contributed by atoms with Gasteiger partial charge in [0.25, 0.3) is 0 Å². The summed E-state index contributed by atoms with van der Waals surface area (Å²) in [6.45, 7) is 14.8. The van der Waals surface area contributed by atoms with E-state index in [0.29, 0.717) is 12.8 Å². The molecule has 1 saturated heterocycles. The summed E-state index contributed by atoms with van der Waals surface area (Å²) in [5.74, 6) is -0.230. The third kappa shape index (κ3) is 4.93. The molecule has 0 radical (unpaired) electrons. The highest BCUT2D eigenvalue weighted by molar-refractivity contribution is 6.45. The molecule has 6 heteroatoms. The van der Waals surface area contributed by atoms with Gasteiger partial charge in [0.2, 0.25) is 5.91 Å². The largest absolute Gasteiger partial charge is 0.457 e. The van der Waals surface area contributed by atoms with Crippen molar-refractivity contribution in [2.45, 2.75) is 90.3 Å². The molecule has 1 fully saturated rings. The standard InChI is InChI=1S/C18H32BNO4/c1-8-11-18(14(2)21,20-15(3)22)12-9-10-13-19-23-16(4,5)17(6,7)24-19/h8H,1,9-13H2,2-7H3,(H,20,22)/t18-/m0/s1. The molecular formula is C18H32BNO4. The van der Waals surface area contributed by atoms with E-state index in [-0.39, 0.29) is 30.0 Å². The molecule has 0 saturated carbocycles. The number of amides is 1. The summed E-state index contributed by atoms with van der Waals surface area (Å²) in [7, 11) is -0.220. The van der Waals surface area contributed by atoms with E-state index < -0.39 is 5.54 Å². The summed E-state index contributed by atoms with van der Waals surface area (Å²) >= 11 is 0. The van der Waals surface area contributed by atoms with E-state index in [0.717, 1.165) is 19.2 Å². The van der Waals surface area contributed by atoms with Gasteiger partial charge in [-0.15, -0.1) is 6.58 Å². The highest BCUT2D eigenvalue weighted by atomic mass is 16.7. The van der Waals surface area contributed by atoms with Crippen LogP contribution in [0.4, 0.5) is 0 Å². The molecule has 1 aliphatic rings. The molecule has 0 aliphatic carbocycles. The predicted molar refractivity (Wildman–Crippen MR) is 96.8 cm³/mol. The lowest BCUT2D eigenvalue weighted by Gasteiger charge is -2.32. The van der Waals surface area contributed by atoms with Gasteiger partial charge >= 0.3 is 7.12 Å². The number of hydrogen-bond donors (Lipinski definition) is 1. The Labute approximate surface area is 146 Å². The Morgan fingerprint density at radius 2 is 1.67 bits per heavy atom. The zero-order valence-corrected chi connectivity index (χ0v) is 16.0. The van der Waals surface area contributed by atoms with Crippen molar-refractivity contribution in [2.75, 3.05) is 0 Å². The van der Waals surface area contributed by atoms with Crippen molar-refractivity contribution >= 4 is 18.8 Å². The van der Waals surface area contributed by atoms with Crippen LogP contribution in [-0.2, 0) is 18.9 Å². The van der Waals surface area contributed by atoms with Crippen LogP contribution in [0, 0.1) is 0 Å². The third-order valence-corrected chi connectivity index (χ3v) is 5.18. The zero-order chi connectivity index (χ0) is 18.6. The summed E-state index contributed by atoms with van der Waals surface area (Å²) in [5, 5.41) is 2.83. The van der Waals surface area contributed by atoms with Gasteiger partial charge in [0.05, 0.1) is 11.2 Å². The Hall–Kier alpha value is -1.14. The van der Waals surface area contributed by atoms with Crippen LogP contribution in [-0.4, -0.2) is 35.5 Å². The summed E-state index contributed by atoms with van der Waals surface area (Å²) in [6.07, 6.45) is 5.16. The molecule has 5 nitrogen and oxygen atoms in total. The fourth-order valence-electron chi connectivity index (χ4n) is 3.03. The average molecular weight is 337 g/mol. The highest BCUT2D eigenvalue weighted by Crippen LogP contribution is 2.38. The van der Waals surface area contributed by atoms with Gasteiger partial charge in [-0.1, -0.05) is 18.9 Å². The molecule has 1 aliphatic heterocycles. The van der Waals surface area contributed by atoms with Crippen molar-refractivity contribution in [3.8, 4) is 0 Å². The topological polar surface area (TPSA) is 64.6 Å². The van der Waals surface area contributed by atoms with Crippen LogP contribution < -0.4 is 5.32 Å². The first-order valence-electron chi connectivity index (χ1n) is 8.72. The van der Waals surface area contributed by atoms with Gasteiger partial charge in [0, 0.05) is 6.92 Å². The van der Waals surface area contributed by atoms with Gasteiger partial charge in [-0.05, 0) is 53.8 Å². The lowest BCUT2D eigenvalue weighted by molar-refractivity contribution is -0.130. The molecule has 1 heterocycles. The van der Waals surface area contributed by atoms with E-state index >= 15 is 0 Å². The lowest BCUT2D eigenvalue weighted by atomic mass is 9.79. The second-order valence-electron chi connectivity index (χ2n) is 7.74. The molecule has 24 heavy (non-hydrogen) atoms. The zero-order valence-electron chi connectivity index (χ0n) is 16.0. The number of hydrogen-bond acceptors (Lipinski definition) is 4. The highest BCUT2D eigenvalue weighted by Gasteiger charge is 2.50. The van der Waals surface area contributed by atoms with Crippen molar-refractivity contribution < 1.29 is 18.9 Å². The van der Waals surface area contributed by atoms with Crippen LogP contribution in [0.1, 0.15) is 67.2 Å². The van der Waals surface area contributed by atoms with Gasteiger partial charge in [0.1, 0.15) is 5.54 Å². The van der Waals surface area contributed by atoms with Gasteiger partial charge < -0.3 is 14.6 Å². The molecule has 0 aromatic carbocycles. The monoisotopic (exact) mass is 337 g/mol. The number of unbranched alkanes of at least 4 members (excludes halogenated alkanes) is 1. The number of rotatable bonds is 9. The smallest absolute Gasteiger partial charge is 0.403 e. The van der Waals surface area contributed by atoms with Crippen LogP contribution in [0.2, 0.25) is 6.32 Å². The number of carbonyl (C=O) groups is 2. The fourth-order valence-corrected chi connectivity index (χ4v) is 3.03. The normalized spacial score (nSPS) is 21.2. The fraction of sp³-hybridized carbons (Fsp3) is 0.778. The first-order chi connectivity index (χ1) is 11.0. The third-order valence-electron chi connectivity index (χ3n) is 5.18. The molecular weight excluding hydrogens is 305 g/mol. The van der Waals surface area contributed by atoms with Gasteiger partial charge in [-0.3, -0.25) is 9.59 Å². The van der Waals surface area contributed by atoms with E-state index in [1.165, 1.54) is 13.8 Å². The minimum atomic E-state index is -0.844. The summed E-state index contributed by atoms with van der Waals surface area (Å²) in [6, 6.07) is 0. The molecule has 136 valence electrons. The van der Waals surface area contributed by atoms with Crippen molar-refractivity contribution in [3.63, 3.8) is 0 Å². The second kappa shape index (κ2) is 7.83. The molecule has 0 aromatic heterocycles. The minimum absolute atomic E-state index is 0.0340.